The van der Waals surface area contributed by atoms with Gasteiger partial charge in [-0.15, -0.1) is 0 Å². The molecule has 3 aromatic rings. The molecule has 0 spiro atoms. The third kappa shape index (κ3) is 4.94. The molecule has 3 rings (SSSR count). The minimum absolute atomic E-state index is 0. The predicted octanol–water partition coefficient (Wildman–Crippen LogP) is 4.03. The van der Waals surface area contributed by atoms with Gasteiger partial charge in [0.25, 0.3) is 0 Å². The standard InChI is InChI=1S/C22H21O2P.Li.H/c1-17-13-21(14-18(2)22(17)15-23)25(20-11-7-4-8-12-20)24-16-19-9-5-3-6-10-19;;/h3-15H,16H2,1-2H3;;. The fraction of sp³-hybridized carbons (Fsp3) is 0.136. The van der Waals surface area contributed by atoms with E-state index in [1.807, 2.05) is 50.2 Å². The Morgan fingerprint density at radius 3 is 1.92 bits per heavy atom. The van der Waals surface area contributed by atoms with Crippen molar-refractivity contribution in [1.82, 2.24) is 0 Å². The van der Waals surface area contributed by atoms with Gasteiger partial charge in [-0.2, -0.15) is 0 Å². The zero-order valence-electron chi connectivity index (χ0n) is 14.5. The summed E-state index contributed by atoms with van der Waals surface area (Å²) in [5, 5.41) is 2.31. The van der Waals surface area contributed by atoms with Crippen LogP contribution in [0.1, 0.15) is 27.0 Å². The van der Waals surface area contributed by atoms with Crippen molar-refractivity contribution in [3.05, 3.63) is 95.1 Å². The number of benzene rings is 3. The molecule has 0 bridgehead atoms. The van der Waals surface area contributed by atoms with Crippen LogP contribution in [0.5, 0.6) is 0 Å². The fourth-order valence-corrected chi connectivity index (χ4v) is 4.77. The van der Waals surface area contributed by atoms with Crippen LogP contribution in [0.25, 0.3) is 0 Å². The zero-order valence-corrected chi connectivity index (χ0v) is 15.4. The molecule has 0 radical (unpaired) electrons. The number of aryl methyl sites for hydroxylation is 2. The van der Waals surface area contributed by atoms with Crippen molar-refractivity contribution in [3.8, 4) is 0 Å². The molecule has 128 valence electrons. The predicted molar refractivity (Wildman–Crippen MR) is 112 cm³/mol. The third-order valence-corrected chi connectivity index (χ3v) is 6.01. The molecule has 3 aromatic carbocycles. The molecule has 0 saturated carbocycles. The van der Waals surface area contributed by atoms with Crippen molar-refractivity contribution in [2.45, 2.75) is 20.5 Å². The monoisotopic (exact) mass is 356 g/mol. The molecular weight excluding hydrogens is 334 g/mol. The average molecular weight is 356 g/mol. The van der Waals surface area contributed by atoms with Gasteiger partial charge < -0.3 is 4.52 Å². The van der Waals surface area contributed by atoms with Crippen LogP contribution in [0.15, 0.2) is 72.8 Å². The van der Waals surface area contributed by atoms with Crippen molar-refractivity contribution in [2.75, 3.05) is 0 Å². The van der Waals surface area contributed by atoms with Crippen LogP contribution in [-0.2, 0) is 11.1 Å². The number of hydrogen-bond acceptors (Lipinski definition) is 2. The fourth-order valence-electron chi connectivity index (χ4n) is 2.83. The summed E-state index contributed by atoms with van der Waals surface area (Å²) < 4.78 is 6.36. The SMILES string of the molecule is Cc1cc(P(OCc2ccccc2)c2ccccc2)cc(C)c1C=O.[LiH]. The molecule has 0 fully saturated rings. The van der Waals surface area contributed by atoms with Crippen molar-refractivity contribution >= 4 is 43.9 Å². The maximum absolute atomic E-state index is 11.3. The number of carbonyl (C=O) groups is 1. The van der Waals surface area contributed by atoms with Gasteiger partial charge in [0.15, 0.2) is 6.29 Å². The van der Waals surface area contributed by atoms with Gasteiger partial charge >= 0.3 is 18.9 Å². The first-order valence-corrected chi connectivity index (χ1v) is 9.53. The summed E-state index contributed by atoms with van der Waals surface area (Å²) in [6.07, 6.45) is 0.935. The quantitative estimate of drug-likeness (QED) is 0.379. The van der Waals surface area contributed by atoms with E-state index in [9.17, 15) is 4.79 Å². The molecule has 26 heavy (non-hydrogen) atoms. The van der Waals surface area contributed by atoms with Gasteiger partial charge in [-0.1, -0.05) is 60.7 Å². The maximum atomic E-state index is 11.3. The van der Waals surface area contributed by atoms with Crippen molar-refractivity contribution in [3.63, 3.8) is 0 Å². The number of rotatable bonds is 6. The molecule has 0 saturated heterocycles. The first-order chi connectivity index (χ1) is 12.2. The van der Waals surface area contributed by atoms with Crippen LogP contribution in [0, 0.1) is 13.8 Å². The molecule has 2 nitrogen and oxygen atoms in total. The van der Waals surface area contributed by atoms with E-state index in [-0.39, 0.29) is 18.9 Å². The average Bonchev–Trinajstić information content (AvgIpc) is 2.63. The second kappa shape index (κ2) is 9.86. The van der Waals surface area contributed by atoms with E-state index in [0.29, 0.717) is 6.61 Å². The first kappa shape index (κ1) is 20.6. The number of aldehydes is 1. The zero-order chi connectivity index (χ0) is 17.6. The Labute approximate surface area is 168 Å². The van der Waals surface area contributed by atoms with Gasteiger partial charge in [0.1, 0.15) is 0 Å². The topological polar surface area (TPSA) is 26.3 Å². The summed E-state index contributed by atoms with van der Waals surface area (Å²) in [6, 6.07) is 24.7. The first-order valence-electron chi connectivity index (χ1n) is 8.27. The van der Waals surface area contributed by atoms with Crippen LogP contribution >= 0.6 is 8.15 Å². The molecule has 0 aromatic heterocycles. The van der Waals surface area contributed by atoms with Crippen LogP contribution in [0.3, 0.4) is 0 Å². The molecule has 0 aliphatic rings. The minimum atomic E-state index is -0.940. The van der Waals surface area contributed by atoms with E-state index >= 15 is 0 Å². The Morgan fingerprint density at radius 2 is 1.38 bits per heavy atom. The van der Waals surface area contributed by atoms with Crippen LogP contribution in [-0.4, -0.2) is 25.1 Å². The van der Waals surface area contributed by atoms with Gasteiger partial charge in [0.05, 0.1) is 14.8 Å². The number of hydrogen-bond donors (Lipinski definition) is 0. The van der Waals surface area contributed by atoms with Gasteiger partial charge in [0.2, 0.25) is 0 Å². The Kier molecular flexibility index (Phi) is 7.82. The molecule has 0 aliphatic heterocycles. The normalized spacial score (nSPS) is 11.5. The van der Waals surface area contributed by atoms with Gasteiger partial charge in [-0.25, -0.2) is 0 Å². The molecule has 1 atom stereocenters. The van der Waals surface area contributed by atoms with E-state index in [4.69, 9.17) is 4.52 Å². The Hall–Kier alpha value is -1.68. The van der Waals surface area contributed by atoms with Gasteiger partial charge in [0, 0.05) is 16.2 Å². The Balaban J connectivity index is 0.00000243. The molecule has 1 unspecified atom stereocenters. The molecular formula is C22H22LiO2P. The summed E-state index contributed by atoms with van der Waals surface area (Å²) >= 11 is 0. The van der Waals surface area contributed by atoms with E-state index in [2.05, 4.69) is 36.4 Å². The van der Waals surface area contributed by atoms with Gasteiger partial charge in [-0.3, -0.25) is 4.79 Å². The van der Waals surface area contributed by atoms with Crippen LogP contribution in [0.2, 0.25) is 0 Å². The van der Waals surface area contributed by atoms with E-state index in [1.54, 1.807) is 0 Å². The summed E-state index contributed by atoms with van der Waals surface area (Å²) in [7, 11) is -0.940. The summed E-state index contributed by atoms with van der Waals surface area (Å²) in [5.41, 5.74) is 3.92. The van der Waals surface area contributed by atoms with Crippen molar-refractivity contribution in [1.29, 1.82) is 0 Å². The molecule has 4 heteroatoms. The van der Waals surface area contributed by atoms with Crippen LogP contribution < -0.4 is 10.6 Å². The van der Waals surface area contributed by atoms with E-state index in [1.165, 1.54) is 5.30 Å². The van der Waals surface area contributed by atoms with E-state index in [0.717, 1.165) is 33.8 Å². The van der Waals surface area contributed by atoms with E-state index < -0.39 is 8.15 Å². The molecule has 0 aliphatic carbocycles. The Morgan fingerprint density at radius 1 is 0.846 bits per heavy atom. The summed E-state index contributed by atoms with van der Waals surface area (Å²) in [5.74, 6) is 0. The molecule has 0 heterocycles. The molecule has 0 amide bonds. The number of carbonyl (C=O) groups excluding carboxylic acids is 1. The molecule has 0 N–H and O–H groups in total. The van der Waals surface area contributed by atoms with Crippen molar-refractivity contribution < 1.29 is 9.32 Å². The third-order valence-electron chi connectivity index (χ3n) is 4.12. The summed E-state index contributed by atoms with van der Waals surface area (Å²) in [4.78, 5) is 11.3. The summed E-state index contributed by atoms with van der Waals surface area (Å²) in [6.45, 7) is 4.53. The van der Waals surface area contributed by atoms with Crippen LogP contribution in [0.4, 0.5) is 0 Å². The van der Waals surface area contributed by atoms with Gasteiger partial charge in [-0.05, 0) is 42.7 Å². The van der Waals surface area contributed by atoms with Crippen molar-refractivity contribution in [2.24, 2.45) is 0 Å². The second-order valence-electron chi connectivity index (χ2n) is 6.00. The Bertz CT molecular complexity index is 828. The second-order valence-corrected chi connectivity index (χ2v) is 7.88.